The molecule has 0 bridgehead atoms. The monoisotopic (exact) mass is 305 g/mol. The molecule has 18 heavy (non-hydrogen) atoms. The number of nitrogens with zero attached hydrogens (tertiary/aromatic N) is 1. The Balaban J connectivity index is 2.27. The van der Waals surface area contributed by atoms with Crippen LogP contribution in [0.4, 0.5) is 11.4 Å². The molecule has 5 heteroatoms. The molecular weight excluding hydrogens is 294 g/mol. The lowest BCUT2D eigenvalue weighted by Crippen LogP contribution is -2.16. The molecule has 92 valence electrons. The van der Waals surface area contributed by atoms with Crippen molar-refractivity contribution < 1.29 is 4.79 Å². The van der Waals surface area contributed by atoms with Crippen LogP contribution in [-0.4, -0.2) is 10.9 Å². The molecule has 0 unspecified atom stereocenters. The van der Waals surface area contributed by atoms with Gasteiger partial charge in [-0.05, 0) is 52.7 Å². The lowest BCUT2D eigenvalue weighted by molar-refractivity contribution is 0.102. The Bertz CT molecular complexity index is 599. The Labute approximate surface area is 113 Å². The summed E-state index contributed by atoms with van der Waals surface area (Å²) in [5.74, 6) is -0.320. The average molecular weight is 306 g/mol. The molecule has 0 aliphatic rings. The normalized spacial score (nSPS) is 10.1. The predicted octanol–water partition coefficient (Wildman–Crippen LogP) is 2.99. The summed E-state index contributed by atoms with van der Waals surface area (Å²) in [5, 5.41) is 2.78. The van der Waals surface area contributed by atoms with Crippen molar-refractivity contribution in [3.8, 4) is 0 Å². The molecule has 1 amide bonds. The molecule has 4 nitrogen and oxygen atoms in total. The van der Waals surface area contributed by atoms with Crippen LogP contribution in [-0.2, 0) is 0 Å². The third-order valence-electron chi connectivity index (χ3n) is 2.42. The number of hydrogen-bond acceptors (Lipinski definition) is 3. The zero-order chi connectivity index (χ0) is 13.1. The van der Waals surface area contributed by atoms with Crippen molar-refractivity contribution in [1.82, 2.24) is 4.98 Å². The standard InChI is InChI=1S/C13H12BrN3O/c1-8-4-5-9(14)11(7-8)17-13(18)12-10(15)3-2-6-16-12/h2-7H,15H2,1H3,(H,17,18). The van der Waals surface area contributed by atoms with Gasteiger partial charge in [0.2, 0.25) is 0 Å². The van der Waals surface area contributed by atoms with Crippen LogP contribution in [0.5, 0.6) is 0 Å². The number of hydrogen-bond donors (Lipinski definition) is 2. The number of nitrogen functional groups attached to an aromatic ring is 1. The Hall–Kier alpha value is -1.88. The molecule has 0 spiro atoms. The van der Waals surface area contributed by atoms with Crippen LogP contribution in [0.2, 0.25) is 0 Å². The van der Waals surface area contributed by atoms with Gasteiger partial charge in [0.25, 0.3) is 5.91 Å². The van der Waals surface area contributed by atoms with Crippen molar-refractivity contribution in [1.29, 1.82) is 0 Å². The summed E-state index contributed by atoms with van der Waals surface area (Å²) < 4.78 is 0.816. The van der Waals surface area contributed by atoms with E-state index in [0.717, 1.165) is 10.0 Å². The molecule has 0 aliphatic heterocycles. The number of rotatable bonds is 2. The molecule has 0 fully saturated rings. The van der Waals surface area contributed by atoms with Crippen molar-refractivity contribution in [3.63, 3.8) is 0 Å². The van der Waals surface area contributed by atoms with Crippen LogP contribution < -0.4 is 11.1 Å². The molecule has 0 saturated carbocycles. The lowest BCUT2D eigenvalue weighted by atomic mass is 10.2. The van der Waals surface area contributed by atoms with E-state index in [0.29, 0.717) is 11.4 Å². The molecule has 2 aromatic rings. The second-order valence-electron chi connectivity index (χ2n) is 3.88. The van der Waals surface area contributed by atoms with Crippen LogP contribution >= 0.6 is 15.9 Å². The van der Waals surface area contributed by atoms with Gasteiger partial charge in [0.15, 0.2) is 5.69 Å². The molecule has 0 radical (unpaired) electrons. The first-order valence-electron chi connectivity index (χ1n) is 5.36. The van der Waals surface area contributed by atoms with E-state index in [9.17, 15) is 4.79 Å². The Morgan fingerprint density at radius 1 is 1.39 bits per heavy atom. The molecule has 0 atom stereocenters. The zero-order valence-electron chi connectivity index (χ0n) is 9.77. The van der Waals surface area contributed by atoms with Gasteiger partial charge in [0.05, 0.1) is 11.4 Å². The van der Waals surface area contributed by atoms with E-state index in [4.69, 9.17) is 5.73 Å². The number of nitrogens with two attached hydrogens (primary N) is 1. The maximum Gasteiger partial charge on any atom is 0.276 e. The first-order chi connectivity index (χ1) is 8.58. The van der Waals surface area contributed by atoms with E-state index < -0.39 is 0 Å². The summed E-state index contributed by atoms with van der Waals surface area (Å²) in [6.07, 6.45) is 1.54. The highest BCUT2D eigenvalue weighted by atomic mass is 79.9. The second-order valence-corrected chi connectivity index (χ2v) is 4.73. The average Bonchev–Trinajstić information content (AvgIpc) is 2.34. The van der Waals surface area contributed by atoms with Crippen molar-refractivity contribution in [2.45, 2.75) is 6.92 Å². The number of aryl methyl sites for hydroxylation is 1. The Kier molecular flexibility index (Phi) is 3.62. The largest absolute Gasteiger partial charge is 0.397 e. The quantitative estimate of drug-likeness (QED) is 0.896. The fourth-order valence-corrected chi connectivity index (χ4v) is 1.87. The summed E-state index contributed by atoms with van der Waals surface area (Å²) in [6.45, 7) is 1.96. The van der Waals surface area contributed by atoms with Crippen LogP contribution in [0.3, 0.4) is 0 Å². The highest BCUT2D eigenvalue weighted by Crippen LogP contribution is 2.24. The van der Waals surface area contributed by atoms with E-state index >= 15 is 0 Å². The number of pyridine rings is 1. The molecule has 1 aromatic carbocycles. The summed E-state index contributed by atoms with van der Waals surface area (Å²) in [4.78, 5) is 16.0. The van der Waals surface area contributed by atoms with Gasteiger partial charge in [-0.3, -0.25) is 4.79 Å². The van der Waals surface area contributed by atoms with Crippen LogP contribution in [0, 0.1) is 6.92 Å². The molecule has 3 N–H and O–H groups in total. The predicted molar refractivity (Wildman–Crippen MR) is 75.5 cm³/mol. The number of benzene rings is 1. The van der Waals surface area contributed by atoms with Crippen LogP contribution in [0.25, 0.3) is 0 Å². The number of carbonyl (C=O) groups is 1. The maximum atomic E-state index is 12.0. The number of amides is 1. The fraction of sp³-hybridized carbons (Fsp3) is 0.0769. The Morgan fingerprint density at radius 3 is 2.89 bits per heavy atom. The molecule has 0 aliphatic carbocycles. The van der Waals surface area contributed by atoms with Crippen molar-refractivity contribution >= 4 is 33.2 Å². The number of carbonyl (C=O) groups excluding carboxylic acids is 1. The Morgan fingerprint density at radius 2 is 2.17 bits per heavy atom. The number of anilines is 2. The third kappa shape index (κ3) is 2.68. The summed E-state index contributed by atoms with van der Waals surface area (Å²) >= 11 is 3.38. The molecule has 2 rings (SSSR count). The van der Waals surface area contributed by atoms with Crippen LogP contribution in [0.15, 0.2) is 41.0 Å². The summed E-state index contributed by atoms with van der Waals surface area (Å²) in [7, 11) is 0. The minimum absolute atomic E-state index is 0.228. The highest BCUT2D eigenvalue weighted by Gasteiger charge is 2.12. The summed E-state index contributed by atoms with van der Waals surface area (Å²) in [6, 6.07) is 9.05. The van der Waals surface area contributed by atoms with Crippen molar-refractivity contribution in [2.24, 2.45) is 0 Å². The van der Waals surface area contributed by atoms with Gasteiger partial charge < -0.3 is 11.1 Å². The number of halogens is 1. The first-order valence-corrected chi connectivity index (χ1v) is 6.15. The van der Waals surface area contributed by atoms with E-state index in [-0.39, 0.29) is 11.6 Å². The topological polar surface area (TPSA) is 68.0 Å². The van der Waals surface area contributed by atoms with Gasteiger partial charge in [-0.1, -0.05) is 6.07 Å². The smallest absolute Gasteiger partial charge is 0.276 e. The van der Waals surface area contributed by atoms with Gasteiger partial charge in [0, 0.05) is 10.7 Å². The maximum absolute atomic E-state index is 12.0. The summed E-state index contributed by atoms with van der Waals surface area (Å²) in [5.41, 5.74) is 8.05. The van der Waals surface area contributed by atoms with Crippen molar-refractivity contribution in [2.75, 3.05) is 11.1 Å². The number of nitrogens with one attached hydrogen (secondary N) is 1. The van der Waals surface area contributed by atoms with E-state index in [2.05, 4.69) is 26.2 Å². The molecule has 0 saturated heterocycles. The molecular formula is C13H12BrN3O. The van der Waals surface area contributed by atoms with Gasteiger partial charge in [-0.2, -0.15) is 0 Å². The first kappa shape index (κ1) is 12.6. The minimum atomic E-state index is -0.320. The molecule has 1 aromatic heterocycles. The van der Waals surface area contributed by atoms with Gasteiger partial charge in [0.1, 0.15) is 0 Å². The third-order valence-corrected chi connectivity index (χ3v) is 3.12. The fourth-order valence-electron chi connectivity index (χ4n) is 1.52. The van der Waals surface area contributed by atoms with Gasteiger partial charge in [-0.25, -0.2) is 4.98 Å². The second kappa shape index (κ2) is 5.18. The van der Waals surface area contributed by atoms with E-state index in [1.54, 1.807) is 12.1 Å². The van der Waals surface area contributed by atoms with E-state index in [1.165, 1.54) is 6.20 Å². The highest BCUT2D eigenvalue weighted by molar-refractivity contribution is 9.10. The SMILES string of the molecule is Cc1ccc(Br)c(NC(=O)c2ncccc2N)c1. The molecule has 1 heterocycles. The van der Waals surface area contributed by atoms with Gasteiger partial charge >= 0.3 is 0 Å². The van der Waals surface area contributed by atoms with Crippen LogP contribution in [0.1, 0.15) is 16.1 Å². The van der Waals surface area contributed by atoms with Crippen molar-refractivity contribution in [3.05, 3.63) is 52.3 Å². The van der Waals surface area contributed by atoms with E-state index in [1.807, 2.05) is 25.1 Å². The minimum Gasteiger partial charge on any atom is -0.397 e. The zero-order valence-corrected chi connectivity index (χ0v) is 11.4. The number of aromatic nitrogens is 1. The van der Waals surface area contributed by atoms with Gasteiger partial charge in [-0.15, -0.1) is 0 Å². The lowest BCUT2D eigenvalue weighted by Gasteiger charge is -2.09.